The van der Waals surface area contributed by atoms with Gasteiger partial charge < -0.3 is 30.3 Å². The number of benzene rings is 1. The molecular weight excluding hydrogens is 610 g/mol. The number of carbonyl (C=O) groups is 3. The maximum Gasteiger partial charge on any atom is 0.246 e. The number of aromatic nitrogens is 3. The van der Waals surface area contributed by atoms with E-state index in [1.54, 1.807) is 50.4 Å². The first-order chi connectivity index (χ1) is 21.5. The third kappa shape index (κ3) is 8.41. The summed E-state index contributed by atoms with van der Waals surface area (Å²) in [6, 6.07) is 5.22. The monoisotopic (exact) mass is 651 g/mol. The standard InChI is InChI=1S/C33H41N7O5.ClH/c1-8-14-45-28-12-11-22(18-35-28)38-30-23-15-21(27(44-7)17-24(23)36-19-37-30)16-26(41)25-10-9-13-40(25)32(43)29(33(3,4)5)39-31(42)20(2)34-6;/h1,11-12,15,17-20,25,29,34H,9-10,13-14,16H2,2-7H3,(H,39,42)(H,36,37,38);1H/t20-,25-,29+;/m0./s1. The second-order valence-electron chi connectivity index (χ2n) is 12.1. The van der Waals surface area contributed by atoms with Crippen LogP contribution in [0.4, 0.5) is 11.5 Å². The van der Waals surface area contributed by atoms with Crippen LogP contribution in [0.2, 0.25) is 0 Å². The number of pyridine rings is 1. The lowest BCUT2D eigenvalue weighted by Crippen LogP contribution is -2.58. The summed E-state index contributed by atoms with van der Waals surface area (Å²) in [5.41, 5.74) is 1.37. The Balaban J connectivity index is 0.00000576. The van der Waals surface area contributed by atoms with Crippen molar-refractivity contribution >= 4 is 52.4 Å². The number of anilines is 2. The Hall–Kier alpha value is -4.47. The average Bonchev–Trinajstić information content (AvgIpc) is 3.52. The Bertz CT molecular complexity index is 1590. The molecule has 2 amide bonds. The van der Waals surface area contributed by atoms with E-state index < -0.39 is 23.5 Å². The van der Waals surface area contributed by atoms with Gasteiger partial charge in [-0.3, -0.25) is 14.4 Å². The number of amides is 2. The van der Waals surface area contributed by atoms with Crippen LogP contribution in [0, 0.1) is 17.8 Å². The Morgan fingerprint density at radius 1 is 1.17 bits per heavy atom. The van der Waals surface area contributed by atoms with E-state index in [4.69, 9.17) is 15.9 Å². The predicted molar refractivity (Wildman–Crippen MR) is 179 cm³/mol. The number of terminal acetylenes is 1. The largest absolute Gasteiger partial charge is 0.496 e. The van der Waals surface area contributed by atoms with E-state index in [9.17, 15) is 14.4 Å². The minimum atomic E-state index is -0.789. The molecule has 46 heavy (non-hydrogen) atoms. The summed E-state index contributed by atoms with van der Waals surface area (Å²) in [6.07, 6.45) is 9.56. The van der Waals surface area contributed by atoms with Crippen molar-refractivity contribution in [3.8, 4) is 24.0 Å². The quantitative estimate of drug-likeness (QED) is 0.249. The number of hydrogen-bond acceptors (Lipinski definition) is 10. The molecule has 1 saturated heterocycles. The SMILES string of the molecule is C#CCOc1ccc(Nc2ncnc3cc(OC)c(CC(=O)[C@@H]4CCCN4C(=O)[C@@H](NC(=O)[C@H](C)NC)C(C)(C)C)cc23)cn1.Cl. The highest BCUT2D eigenvalue weighted by Crippen LogP contribution is 2.32. The number of nitrogens with zero attached hydrogens (tertiary/aromatic N) is 4. The molecule has 0 bridgehead atoms. The van der Waals surface area contributed by atoms with Gasteiger partial charge in [0.1, 0.15) is 23.9 Å². The van der Waals surface area contributed by atoms with Gasteiger partial charge in [-0.1, -0.05) is 26.7 Å². The van der Waals surface area contributed by atoms with Gasteiger partial charge in [-0.2, -0.15) is 0 Å². The van der Waals surface area contributed by atoms with Crippen LogP contribution in [-0.4, -0.2) is 82.9 Å². The molecule has 13 heteroatoms. The lowest BCUT2D eigenvalue weighted by molar-refractivity contribution is -0.143. The summed E-state index contributed by atoms with van der Waals surface area (Å²) in [6.45, 7) is 8.00. The number of ketones is 1. The summed E-state index contributed by atoms with van der Waals surface area (Å²) < 4.78 is 11.0. The van der Waals surface area contributed by atoms with E-state index in [-0.39, 0.29) is 43.0 Å². The Morgan fingerprint density at radius 3 is 2.57 bits per heavy atom. The molecule has 0 spiro atoms. The first-order valence-electron chi connectivity index (χ1n) is 14.9. The summed E-state index contributed by atoms with van der Waals surface area (Å²) in [5.74, 6) is 3.19. The smallest absolute Gasteiger partial charge is 0.246 e. The van der Waals surface area contributed by atoms with Crippen molar-refractivity contribution in [2.24, 2.45) is 5.41 Å². The number of fused-ring (bicyclic) bond motifs is 1. The predicted octanol–water partition coefficient (Wildman–Crippen LogP) is 3.45. The van der Waals surface area contributed by atoms with Crippen LogP contribution in [-0.2, 0) is 20.8 Å². The fourth-order valence-electron chi connectivity index (χ4n) is 5.23. The molecule has 246 valence electrons. The third-order valence-electron chi connectivity index (χ3n) is 7.84. The zero-order valence-electron chi connectivity index (χ0n) is 27.0. The highest BCUT2D eigenvalue weighted by atomic mass is 35.5. The van der Waals surface area contributed by atoms with Crippen LogP contribution in [0.1, 0.15) is 46.1 Å². The third-order valence-corrected chi connectivity index (χ3v) is 7.84. The van der Waals surface area contributed by atoms with Crippen molar-refractivity contribution in [3.63, 3.8) is 0 Å². The Kier molecular flexibility index (Phi) is 12.3. The highest BCUT2D eigenvalue weighted by Gasteiger charge is 2.42. The maximum atomic E-state index is 13.9. The zero-order chi connectivity index (χ0) is 32.7. The molecule has 3 aromatic rings. The van der Waals surface area contributed by atoms with Crippen molar-refractivity contribution in [3.05, 3.63) is 42.4 Å². The van der Waals surface area contributed by atoms with Crippen LogP contribution in [0.15, 0.2) is 36.8 Å². The van der Waals surface area contributed by atoms with Crippen molar-refractivity contribution in [2.45, 2.75) is 65.1 Å². The summed E-state index contributed by atoms with van der Waals surface area (Å²) >= 11 is 0. The molecule has 2 aromatic heterocycles. The van der Waals surface area contributed by atoms with Crippen LogP contribution < -0.4 is 25.4 Å². The summed E-state index contributed by atoms with van der Waals surface area (Å²) in [4.78, 5) is 55.1. The highest BCUT2D eigenvalue weighted by molar-refractivity contribution is 5.97. The van der Waals surface area contributed by atoms with Gasteiger partial charge in [0.2, 0.25) is 17.7 Å². The fourth-order valence-corrected chi connectivity index (χ4v) is 5.23. The molecule has 1 aliphatic heterocycles. The van der Waals surface area contributed by atoms with Crippen molar-refractivity contribution in [2.75, 3.05) is 32.6 Å². The number of carbonyl (C=O) groups excluding carboxylic acids is 3. The molecule has 12 nitrogen and oxygen atoms in total. The number of halogens is 1. The van der Waals surface area contributed by atoms with Crippen LogP contribution in [0.25, 0.3) is 10.9 Å². The number of likely N-dealkylation sites (tertiary alicyclic amines) is 1. The van der Waals surface area contributed by atoms with Gasteiger partial charge in [0.05, 0.1) is 36.6 Å². The number of nitrogens with one attached hydrogen (secondary N) is 3. The maximum absolute atomic E-state index is 13.9. The minimum absolute atomic E-state index is 0. The minimum Gasteiger partial charge on any atom is -0.496 e. The van der Waals surface area contributed by atoms with E-state index in [1.807, 2.05) is 26.8 Å². The van der Waals surface area contributed by atoms with E-state index in [1.165, 1.54) is 6.33 Å². The van der Waals surface area contributed by atoms with Gasteiger partial charge in [-0.15, -0.1) is 18.8 Å². The number of likely N-dealkylation sites (N-methyl/N-ethyl adjacent to an activating group) is 1. The molecule has 0 unspecified atom stereocenters. The number of hydrogen-bond donors (Lipinski definition) is 3. The van der Waals surface area contributed by atoms with Crippen molar-refractivity contribution in [1.29, 1.82) is 0 Å². The first-order valence-corrected chi connectivity index (χ1v) is 14.9. The number of Topliss-reactive ketones (excluding diaryl/α,β-unsaturated/α-hetero) is 1. The lowest BCUT2D eigenvalue weighted by Gasteiger charge is -2.36. The van der Waals surface area contributed by atoms with E-state index in [0.717, 1.165) is 0 Å². The van der Waals surface area contributed by atoms with Crippen molar-refractivity contribution < 1.29 is 23.9 Å². The number of ether oxygens (including phenoxy) is 2. The van der Waals surface area contributed by atoms with Crippen molar-refractivity contribution in [1.82, 2.24) is 30.5 Å². The van der Waals surface area contributed by atoms with Gasteiger partial charge in [-0.25, -0.2) is 15.0 Å². The average molecular weight is 652 g/mol. The zero-order valence-corrected chi connectivity index (χ0v) is 27.9. The lowest BCUT2D eigenvalue weighted by atomic mass is 9.85. The Morgan fingerprint density at radius 2 is 1.93 bits per heavy atom. The molecule has 0 radical (unpaired) electrons. The molecule has 0 saturated carbocycles. The van der Waals surface area contributed by atoms with Crippen LogP contribution >= 0.6 is 12.4 Å². The number of rotatable bonds is 12. The molecule has 1 fully saturated rings. The number of methoxy groups -OCH3 is 1. The molecule has 3 atom stereocenters. The second kappa shape index (κ2) is 15.7. The summed E-state index contributed by atoms with van der Waals surface area (Å²) in [5, 5.41) is 9.74. The molecule has 0 aliphatic carbocycles. The van der Waals surface area contributed by atoms with Crippen LogP contribution in [0.3, 0.4) is 0 Å². The van der Waals surface area contributed by atoms with Gasteiger partial charge in [-0.05, 0) is 44.4 Å². The molecule has 3 N–H and O–H groups in total. The van der Waals surface area contributed by atoms with Gasteiger partial charge in [0.15, 0.2) is 12.4 Å². The van der Waals surface area contributed by atoms with E-state index in [0.29, 0.717) is 59.0 Å². The van der Waals surface area contributed by atoms with Crippen LogP contribution in [0.5, 0.6) is 11.6 Å². The fraction of sp³-hybridized carbons (Fsp3) is 0.455. The van der Waals surface area contributed by atoms with E-state index >= 15 is 0 Å². The second-order valence-corrected chi connectivity index (χ2v) is 12.1. The molecular formula is C33H42ClN7O5. The normalized spacial score (nSPS) is 15.7. The topological polar surface area (TPSA) is 148 Å². The Labute approximate surface area is 275 Å². The molecule has 1 aromatic carbocycles. The van der Waals surface area contributed by atoms with Gasteiger partial charge >= 0.3 is 0 Å². The van der Waals surface area contributed by atoms with Gasteiger partial charge in [0.25, 0.3) is 0 Å². The van der Waals surface area contributed by atoms with E-state index in [2.05, 4.69) is 36.8 Å². The molecule has 4 rings (SSSR count). The molecule has 3 heterocycles. The molecule has 1 aliphatic rings. The first kappa shape index (κ1) is 36.0. The van der Waals surface area contributed by atoms with Gasteiger partial charge in [0, 0.05) is 36.0 Å². The summed E-state index contributed by atoms with van der Waals surface area (Å²) in [7, 11) is 3.23.